The quantitative estimate of drug-likeness (QED) is 0.596. The predicted octanol–water partition coefficient (Wildman–Crippen LogP) is 1.39. The van der Waals surface area contributed by atoms with Gasteiger partial charge in [-0.1, -0.05) is 19.3 Å². The molecule has 0 bridgehead atoms. The Labute approximate surface area is 106 Å². The van der Waals surface area contributed by atoms with Crippen LogP contribution in [0.2, 0.25) is 0 Å². The van der Waals surface area contributed by atoms with E-state index in [-0.39, 0.29) is 17.7 Å². The first kappa shape index (κ1) is 12.9. The van der Waals surface area contributed by atoms with Crippen LogP contribution in [0.5, 0.6) is 0 Å². The molecule has 2 aliphatic rings. The van der Waals surface area contributed by atoms with Gasteiger partial charge in [0.05, 0.1) is 7.11 Å². The summed E-state index contributed by atoms with van der Waals surface area (Å²) < 4.78 is 4.58. The summed E-state index contributed by atoms with van der Waals surface area (Å²) in [6, 6.07) is 0.197. The fourth-order valence-electron chi connectivity index (χ4n) is 2.75. The van der Waals surface area contributed by atoms with Crippen molar-refractivity contribution in [2.24, 2.45) is 5.92 Å². The fourth-order valence-corrected chi connectivity index (χ4v) is 2.75. The lowest BCUT2D eigenvalue weighted by Crippen LogP contribution is -2.49. The van der Waals surface area contributed by atoms with E-state index in [0.29, 0.717) is 6.54 Å². The summed E-state index contributed by atoms with van der Waals surface area (Å²) in [7, 11) is 1.22. The number of rotatable bonds is 2. The lowest BCUT2D eigenvalue weighted by Gasteiger charge is -2.37. The Morgan fingerprint density at radius 3 is 2.67 bits per heavy atom. The van der Waals surface area contributed by atoms with Gasteiger partial charge in [0.15, 0.2) is 5.92 Å². The van der Waals surface area contributed by atoms with Crippen LogP contribution >= 0.6 is 0 Å². The molecule has 1 aliphatic carbocycles. The number of carbonyl (C=O) groups excluding carboxylic acids is 2. The summed E-state index contributed by atoms with van der Waals surface area (Å²) in [5.74, 6) is -2.35. The SMILES string of the molecule is COC(=O)C1C(=O)N(C2CCCCC2)CC=C1O. The molecule has 1 aliphatic heterocycles. The van der Waals surface area contributed by atoms with Crippen LogP contribution in [-0.2, 0) is 14.3 Å². The first-order valence-corrected chi connectivity index (χ1v) is 6.42. The van der Waals surface area contributed by atoms with Gasteiger partial charge in [0, 0.05) is 12.6 Å². The summed E-state index contributed by atoms with van der Waals surface area (Å²) in [4.78, 5) is 25.5. The van der Waals surface area contributed by atoms with E-state index < -0.39 is 11.9 Å². The van der Waals surface area contributed by atoms with E-state index in [1.165, 1.54) is 19.6 Å². The molecule has 0 aromatic rings. The third-order valence-corrected chi connectivity index (χ3v) is 3.78. The molecule has 0 aromatic heterocycles. The molecule has 0 spiro atoms. The summed E-state index contributed by atoms with van der Waals surface area (Å²) in [5, 5.41) is 9.67. The lowest BCUT2D eigenvalue weighted by molar-refractivity contribution is -0.155. The number of nitrogens with zero attached hydrogens (tertiary/aromatic N) is 1. The van der Waals surface area contributed by atoms with Crippen LogP contribution < -0.4 is 0 Å². The average molecular weight is 253 g/mol. The van der Waals surface area contributed by atoms with Gasteiger partial charge in [-0.2, -0.15) is 0 Å². The highest BCUT2D eigenvalue weighted by Crippen LogP contribution is 2.28. The zero-order chi connectivity index (χ0) is 13.1. The normalized spacial score (nSPS) is 25.8. The van der Waals surface area contributed by atoms with Crippen molar-refractivity contribution >= 4 is 11.9 Å². The Kier molecular flexibility index (Phi) is 3.89. The number of esters is 1. The van der Waals surface area contributed by atoms with Gasteiger partial charge >= 0.3 is 5.97 Å². The van der Waals surface area contributed by atoms with Gasteiger partial charge in [0.2, 0.25) is 5.91 Å². The molecule has 1 fully saturated rings. The van der Waals surface area contributed by atoms with Crippen molar-refractivity contribution < 1.29 is 19.4 Å². The molecule has 0 radical (unpaired) electrons. The Morgan fingerprint density at radius 1 is 1.39 bits per heavy atom. The van der Waals surface area contributed by atoms with E-state index in [1.807, 2.05) is 0 Å². The van der Waals surface area contributed by atoms with E-state index >= 15 is 0 Å². The van der Waals surface area contributed by atoms with Crippen molar-refractivity contribution in [3.8, 4) is 0 Å². The van der Waals surface area contributed by atoms with Gasteiger partial charge in [-0.25, -0.2) is 0 Å². The fraction of sp³-hybridized carbons (Fsp3) is 0.692. The van der Waals surface area contributed by atoms with Gasteiger partial charge in [-0.15, -0.1) is 0 Å². The van der Waals surface area contributed by atoms with E-state index in [0.717, 1.165) is 25.7 Å². The maximum Gasteiger partial charge on any atom is 0.326 e. The monoisotopic (exact) mass is 253 g/mol. The number of hydrogen-bond acceptors (Lipinski definition) is 4. The predicted molar refractivity (Wildman–Crippen MR) is 64.8 cm³/mol. The molecule has 1 unspecified atom stereocenters. The Hall–Kier alpha value is -1.52. The Morgan fingerprint density at radius 2 is 2.06 bits per heavy atom. The summed E-state index contributed by atoms with van der Waals surface area (Å²) in [6.07, 6.45) is 6.94. The van der Waals surface area contributed by atoms with Crippen LogP contribution in [0.15, 0.2) is 11.8 Å². The molecule has 1 amide bonds. The average Bonchev–Trinajstić information content (AvgIpc) is 2.39. The smallest absolute Gasteiger partial charge is 0.326 e. The van der Waals surface area contributed by atoms with E-state index in [2.05, 4.69) is 4.74 Å². The molecule has 1 heterocycles. The van der Waals surface area contributed by atoms with Gasteiger partial charge in [-0.3, -0.25) is 9.59 Å². The third-order valence-electron chi connectivity index (χ3n) is 3.78. The molecule has 1 atom stereocenters. The van der Waals surface area contributed by atoms with Gasteiger partial charge in [0.1, 0.15) is 5.76 Å². The second kappa shape index (κ2) is 5.42. The van der Waals surface area contributed by atoms with Crippen molar-refractivity contribution in [3.05, 3.63) is 11.8 Å². The van der Waals surface area contributed by atoms with Crippen LogP contribution in [0.25, 0.3) is 0 Å². The second-order valence-electron chi connectivity index (χ2n) is 4.87. The van der Waals surface area contributed by atoms with Crippen molar-refractivity contribution in [1.29, 1.82) is 0 Å². The lowest BCUT2D eigenvalue weighted by atomic mass is 9.91. The van der Waals surface area contributed by atoms with Crippen LogP contribution in [0.3, 0.4) is 0 Å². The molecule has 0 aromatic carbocycles. The van der Waals surface area contributed by atoms with Crippen molar-refractivity contribution in [1.82, 2.24) is 4.90 Å². The van der Waals surface area contributed by atoms with Crippen LogP contribution in [-0.4, -0.2) is 41.6 Å². The number of ether oxygens (including phenoxy) is 1. The van der Waals surface area contributed by atoms with E-state index in [1.54, 1.807) is 4.90 Å². The number of aliphatic hydroxyl groups is 1. The van der Waals surface area contributed by atoms with Crippen LogP contribution in [0.1, 0.15) is 32.1 Å². The Bertz CT molecular complexity index is 371. The number of amides is 1. The van der Waals surface area contributed by atoms with Crippen molar-refractivity contribution in [3.63, 3.8) is 0 Å². The zero-order valence-electron chi connectivity index (χ0n) is 10.6. The molecule has 2 rings (SSSR count). The maximum absolute atomic E-state index is 12.3. The summed E-state index contributed by atoms with van der Waals surface area (Å²) in [5.41, 5.74) is 0. The van der Waals surface area contributed by atoms with Gasteiger partial charge in [-0.05, 0) is 18.9 Å². The molecule has 1 saturated carbocycles. The zero-order valence-corrected chi connectivity index (χ0v) is 10.6. The molecule has 5 heteroatoms. The highest BCUT2D eigenvalue weighted by Gasteiger charge is 2.40. The molecular formula is C13H19NO4. The molecule has 1 N–H and O–H groups in total. The molecular weight excluding hydrogens is 234 g/mol. The molecule has 18 heavy (non-hydrogen) atoms. The van der Waals surface area contributed by atoms with Gasteiger partial charge in [0.25, 0.3) is 0 Å². The minimum absolute atomic E-state index is 0.182. The topological polar surface area (TPSA) is 66.8 Å². The Balaban J connectivity index is 2.15. The van der Waals surface area contributed by atoms with Crippen molar-refractivity contribution in [2.75, 3.05) is 13.7 Å². The second-order valence-corrected chi connectivity index (χ2v) is 4.87. The number of carbonyl (C=O) groups is 2. The molecule has 100 valence electrons. The number of methoxy groups -OCH3 is 1. The maximum atomic E-state index is 12.3. The summed E-state index contributed by atoms with van der Waals surface area (Å²) >= 11 is 0. The first-order valence-electron chi connectivity index (χ1n) is 6.42. The van der Waals surface area contributed by atoms with Crippen LogP contribution in [0.4, 0.5) is 0 Å². The number of hydrogen-bond donors (Lipinski definition) is 1. The van der Waals surface area contributed by atoms with E-state index in [4.69, 9.17) is 0 Å². The summed E-state index contributed by atoms with van der Waals surface area (Å²) in [6.45, 7) is 0.392. The van der Waals surface area contributed by atoms with E-state index in [9.17, 15) is 14.7 Å². The highest BCUT2D eigenvalue weighted by atomic mass is 16.5. The number of aliphatic hydroxyl groups excluding tert-OH is 1. The third kappa shape index (κ3) is 2.35. The van der Waals surface area contributed by atoms with Crippen LogP contribution in [0, 0.1) is 5.92 Å². The minimum atomic E-state index is -1.16. The van der Waals surface area contributed by atoms with Gasteiger partial charge < -0.3 is 14.7 Å². The first-order chi connectivity index (χ1) is 8.65. The molecule has 0 saturated heterocycles. The largest absolute Gasteiger partial charge is 0.511 e. The standard InChI is InChI=1S/C13H19NO4/c1-18-13(17)11-10(15)7-8-14(12(11)16)9-5-3-2-4-6-9/h7,9,11,15H,2-6,8H2,1H3. The molecule has 5 nitrogen and oxygen atoms in total. The minimum Gasteiger partial charge on any atom is -0.511 e. The van der Waals surface area contributed by atoms with Crippen molar-refractivity contribution in [2.45, 2.75) is 38.1 Å². The highest BCUT2D eigenvalue weighted by molar-refractivity contribution is 6.01.